The Labute approximate surface area is 71.4 Å². The standard InChI is InChI=1S/C8H13O4/c9-8(12-10)11-6-7-4-2-1-3-5-7/h7H,1-6H2. The molecule has 69 valence electrons. The van der Waals surface area contributed by atoms with Crippen LogP contribution in [0.4, 0.5) is 4.79 Å². The minimum atomic E-state index is -1.11. The predicted octanol–water partition coefficient (Wildman–Crippen LogP) is 2.07. The molecule has 0 spiro atoms. The molecule has 0 aromatic heterocycles. The molecule has 1 aliphatic carbocycles. The van der Waals surface area contributed by atoms with Crippen LogP contribution in [0.15, 0.2) is 0 Å². The molecule has 0 heterocycles. The van der Waals surface area contributed by atoms with Gasteiger partial charge in [0, 0.05) is 5.26 Å². The lowest BCUT2D eigenvalue weighted by Crippen LogP contribution is -2.16. The molecule has 1 aliphatic rings. The van der Waals surface area contributed by atoms with Crippen LogP contribution in [0.3, 0.4) is 0 Å². The predicted molar refractivity (Wildman–Crippen MR) is 39.7 cm³/mol. The van der Waals surface area contributed by atoms with E-state index in [1.165, 1.54) is 19.3 Å². The first-order chi connectivity index (χ1) is 5.83. The average molecular weight is 173 g/mol. The van der Waals surface area contributed by atoms with Gasteiger partial charge >= 0.3 is 6.16 Å². The van der Waals surface area contributed by atoms with Gasteiger partial charge in [0.15, 0.2) is 0 Å². The van der Waals surface area contributed by atoms with Crippen molar-refractivity contribution in [2.24, 2.45) is 5.92 Å². The monoisotopic (exact) mass is 173 g/mol. The fourth-order valence-electron chi connectivity index (χ4n) is 1.56. The molecule has 0 bridgehead atoms. The zero-order chi connectivity index (χ0) is 8.81. The normalized spacial score (nSPS) is 18.8. The number of ether oxygens (including phenoxy) is 1. The molecule has 0 unspecified atom stereocenters. The van der Waals surface area contributed by atoms with Crippen molar-refractivity contribution >= 4 is 6.16 Å². The summed E-state index contributed by atoms with van der Waals surface area (Å²) < 4.78 is 4.56. The third-order valence-corrected chi connectivity index (χ3v) is 2.23. The van der Waals surface area contributed by atoms with Crippen LogP contribution < -0.4 is 0 Å². The van der Waals surface area contributed by atoms with E-state index in [9.17, 15) is 10.1 Å². The Hall–Kier alpha value is -0.770. The van der Waals surface area contributed by atoms with Crippen molar-refractivity contribution in [2.45, 2.75) is 32.1 Å². The zero-order valence-corrected chi connectivity index (χ0v) is 6.95. The van der Waals surface area contributed by atoms with Crippen molar-refractivity contribution in [3.05, 3.63) is 0 Å². The van der Waals surface area contributed by atoms with Crippen LogP contribution in [0.25, 0.3) is 0 Å². The summed E-state index contributed by atoms with van der Waals surface area (Å²) in [7, 11) is 0. The van der Waals surface area contributed by atoms with E-state index in [1.807, 2.05) is 0 Å². The van der Waals surface area contributed by atoms with Gasteiger partial charge in [0.2, 0.25) is 0 Å². The van der Waals surface area contributed by atoms with E-state index in [1.54, 1.807) is 0 Å². The second-order valence-corrected chi connectivity index (χ2v) is 3.15. The molecule has 0 aromatic rings. The van der Waals surface area contributed by atoms with E-state index < -0.39 is 6.16 Å². The summed E-state index contributed by atoms with van der Waals surface area (Å²) in [6.07, 6.45) is 4.72. The number of hydrogen-bond donors (Lipinski definition) is 0. The molecular formula is C8H13O4. The minimum absolute atomic E-state index is 0.334. The molecular weight excluding hydrogens is 160 g/mol. The van der Waals surface area contributed by atoms with Gasteiger partial charge < -0.3 is 4.74 Å². The maximum absolute atomic E-state index is 10.3. The average Bonchev–Trinajstić information content (AvgIpc) is 2.16. The molecule has 1 radical (unpaired) electrons. The van der Waals surface area contributed by atoms with Crippen LogP contribution in [0.5, 0.6) is 0 Å². The highest BCUT2D eigenvalue weighted by molar-refractivity contribution is 5.58. The summed E-state index contributed by atoms with van der Waals surface area (Å²) in [5.41, 5.74) is 0. The molecule has 12 heavy (non-hydrogen) atoms. The van der Waals surface area contributed by atoms with Gasteiger partial charge in [-0.2, -0.15) is 0 Å². The van der Waals surface area contributed by atoms with Crippen LogP contribution in [-0.4, -0.2) is 12.8 Å². The summed E-state index contributed by atoms with van der Waals surface area (Å²) in [5, 5.41) is 9.53. The Morgan fingerprint density at radius 1 is 1.25 bits per heavy atom. The first kappa shape index (κ1) is 9.32. The smallest absolute Gasteiger partial charge is 0.432 e. The first-order valence-corrected chi connectivity index (χ1v) is 4.29. The van der Waals surface area contributed by atoms with E-state index in [0.29, 0.717) is 12.5 Å². The molecule has 0 amide bonds. The van der Waals surface area contributed by atoms with Gasteiger partial charge in [-0.15, -0.1) is 0 Å². The van der Waals surface area contributed by atoms with Gasteiger partial charge in [-0.1, -0.05) is 19.3 Å². The fraction of sp³-hybridized carbons (Fsp3) is 0.875. The molecule has 4 heteroatoms. The van der Waals surface area contributed by atoms with Crippen LogP contribution >= 0.6 is 0 Å². The number of carbonyl (C=O) groups is 1. The molecule has 0 N–H and O–H groups in total. The van der Waals surface area contributed by atoms with Gasteiger partial charge in [0.05, 0.1) is 6.61 Å². The Balaban J connectivity index is 2.09. The largest absolute Gasteiger partial charge is 0.542 e. The quantitative estimate of drug-likeness (QED) is 0.365. The highest BCUT2D eigenvalue weighted by Gasteiger charge is 2.15. The van der Waals surface area contributed by atoms with E-state index in [-0.39, 0.29) is 0 Å². The van der Waals surface area contributed by atoms with Crippen LogP contribution in [0, 0.1) is 5.92 Å². The van der Waals surface area contributed by atoms with Crippen LogP contribution in [0.1, 0.15) is 32.1 Å². The summed E-state index contributed by atoms with van der Waals surface area (Å²) >= 11 is 0. The lowest BCUT2D eigenvalue weighted by Gasteiger charge is -2.20. The number of carbonyl (C=O) groups excluding carboxylic acids is 1. The molecule has 0 aliphatic heterocycles. The Morgan fingerprint density at radius 2 is 1.92 bits per heavy atom. The fourth-order valence-corrected chi connectivity index (χ4v) is 1.56. The molecule has 1 saturated carbocycles. The van der Waals surface area contributed by atoms with Gasteiger partial charge in [-0.25, -0.2) is 9.68 Å². The van der Waals surface area contributed by atoms with Crippen molar-refractivity contribution in [2.75, 3.05) is 6.61 Å². The van der Waals surface area contributed by atoms with E-state index >= 15 is 0 Å². The van der Waals surface area contributed by atoms with Crippen molar-refractivity contribution in [1.29, 1.82) is 0 Å². The van der Waals surface area contributed by atoms with Crippen molar-refractivity contribution in [3.63, 3.8) is 0 Å². The summed E-state index contributed by atoms with van der Waals surface area (Å²) in [5.74, 6) is 0.429. The molecule has 0 atom stereocenters. The van der Waals surface area contributed by atoms with Crippen molar-refractivity contribution in [1.82, 2.24) is 0 Å². The van der Waals surface area contributed by atoms with Crippen molar-refractivity contribution in [3.8, 4) is 0 Å². The highest BCUT2D eigenvalue weighted by Crippen LogP contribution is 2.23. The van der Waals surface area contributed by atoms with Gasteiger partial charge in [0.25, 0.3) is 0 Å². The Kier molecular flexibility index (Phi) is 3.87. The highest BCUT2D eigenvalue weighted by atomic mass is 17.1. The summed E-state index contributed by atoms with van der Waals surface area (Å²) in [6.45, 7) is 0.334. The molecule has 0 saturated heterocycles. The molecule has 1 fully saturated rings. The second-order valence-electron chi connectivity index (χ2n) is 3.15. The maximum Gasteiger partial charge on any atom is 0.542 e. The van der Waals surface area contributed by atoms with E-state index in [2.05, 4.69) is 9.62 Å². The molecule has 4 nitrogen and oxygen atoms in total. The number of hydrogen-bond acceptors (Lipinski definition) is 3. The topological polar surface area (TPSA) is 55.4 Å². The SMILES string of the molecule is [O]OC(=O)OCC1CCCCC1. The lowest BCUT2D eigenvalue weighted by atomic mass is 9.90. The third kappa shape index (κ3) is 3.09. The zero-order valence-electron chi connectivity index (χ0n) is 6.95. The van der Waals surface area contributed by atoms with Gasteiger partial charge in [-0.05, 0) is 18.8 Å². The van der Waals surface area contributed by atoms with E-state index in [0.717, 1.165) is 12.8 Å². The number of rotatable bonds is 2. The Bertz CT molecular complexity index is 140. The first-order valence-electron chi connectivity index (χ1n) is 4.29. The molecule has 1 rings (SSSR count). The summed E-state index contributed by atoms with van der Waals surface area (Å²) in [4.78, 5) is 13.4. The van der Waals surface area contributed by atoms with E-state index in [4.69, 9.17) is 0 Å². The van der Waals surface area contributed by atoms with Crippen LogP contribution in [-0.2, 0) is 14.9 Å². The van der Waals surface area contributed by atoms with Crippen molar-refractivity contribution < 1.29 is 19.7 Å². The second kappa shape index (κ2) is 4.98. The van der Waals surface area contributed by atoms with Crippen LogP contribution in [0.2, 0.25) is 0 Å². The van der Waals surface area contributed by atoms with Gasteiger partial charge in [-0.3, -0.25) is 0 Å². The third-order valence-electron chi connectivity index (χ3n) is 2.23. The lowest BCUT2D eigenvalue weighted by molar-refractivity contribution is -0.261. The summed E-state index contributed by atoms with van der Waals surface area (Å²) in [6, 6.07) is 0. The molecule has 0 aromatic carbocycles. The minimum Gasteiger partial charge on any atom is -0.432 e. The maximum atomic E-state index is 10.3. The van der Waals surface area contributed by atoms with Gasteiger partial charge in [0.1, 0.15) is 0 Å². The Morgan fingerprint density at radius 3 is 2.50 bits per heavy atom.